The van der Waals surface area contributed by atoms with Gasteiger partial charge in [0.2, 0.25) is 0 Å². The minimum absolute atomic E-state index is 0.0263. The molecular weight excluding hydrogens is 496 g/mol. The highest BCUT2D eigenvalue weighted by molar-refractivity contribution is 5.84. The van der Waals surface area contributed by atoms with E-state index in [0.717, 1.165) is 0 Å². The monoisotopic (exact) mass is 544 g/mol. The molecule has 13 heteroatoms. The van der Waals surface area contributed by atoms with Crippen molar-refractivity contribution >= 4 is 5.97 Å². The molecule has 0 amide bonds. The minimum Gasteiger partial charge on any atom is -0.478 e. The number of hydrogen-bond donors (Lipinski definition) is 3. The van der Waals surface area contributed by atoms with Gasteiger partial charge in [-0.3, -0.25) is 0 Å². The van der Waals surface area contributed by atoms with Gasteiger partial charge in [0, 0.05) is 12.2 Å². The molecule has 0 saturated heterocycles. The standard InChI is InChI=1S/C20H42O11.C4H6O2/c1-2-31-20(22)19-30-18-17-29-16-15-28-14-13-27-12-11-26-10-9-25-8-7-24-6-5-23-4-3-21;1-3(2)4(5)6/h20-22H,2-19H2,1H3;1H2,2H3,(H,5,6). The van der Waals surface area contributed by atoms with E-state index < -0.39 is 12.3 Å². The van der Waals surface area contributed by atoms with Crippen LogP contribution < -0.4 is 0 Å². The third kappa shape index (κ3) is 37.0. The Morgan fingerprint density at radius 2 is 0.919 bits per heavy atom. The summed E-state index contributed by atoms with van der Waals surface area (Å²) in [5.41, 5.74) is 0.176. The average molecular weight is 545 g/mol. The molecule has 0 bridgehead atoms. The zero-order chi connectivity index (χ0) is 27.8. The van der Waals surface area contributed by atoms with Crippen LogP contribution in [0, 0.1) is 0 Å². The van der Waals surface area contributed by atoms with Gasteiger partial charge in [-0.2, -0.15) is 0 Å². The first kappa shape index (κ1) is 37.9. The quantitative estimate of drug-likeness (QED) is 0.0692. The van der Waals surface area contributed by atoms with Gasteiger partial charge in [0.05, 0.1) is 112 Å². The second kappa shape index (κ2) is 32.8. The van der Waals surface area contributed by atoms with Crippen LogP contribution >= 0.6 is 0 Å². The molecule has 222 valence electrons. The summed E-state index contributed by atoms with van der Waals surface area (Å²) < 4.78 is 47.4. The summed E-state index contributed by atoms with van der Waals surface area (Å²) in [6.07, 6.45) is -0.882. The van der Waals surface area contributed by atoms with Crippen molar-refractivity contribution in [2.75, 3.05) is 119 Å². The Morgan fingerprint density at radius 3 is 1.16 bits per heavy atom. The van der Waals surface area contributed by atoms with Gasteiger partial charge in [-0.05, 0) is 13.8 Å². The molecule has 0 aliphatic carbocycles. The normalized spacial score (nSPS) is 11.7. The van der Waals surface area contributed by atoms with Crippen LogP contribution in [-0.4, -0.2) is 147 Å². The molecule has 0 aromatic heterocycles. The number of hydrogen-bond acceptors (Lipinski definition) is 12. The third-order valence-corrected chi connectivity index (χ3v) is 3.82. The fraction of sp³-hybridized carbons (Fsp3) is 0.875. The van der Waals surface area contributed by atoms with Crippen molar-refractivity contribution in [3.05, 3.63) is 12.2 Å². The molecule has 1 unspecified atom stereocenters. The summed E-state index contributed by atoms with van der Waals surface area (Å²) in [5, 5.41) is 25.7. The first-order valence-corrected chi connectivity index (χ1v) is 12.4. The maximum atomic E-state index is 9.60. The highest BCUT2D eigenvalue weighted by atomic mass is 16.6. The Bertz CT molecular complexity index is 468. The molecule has 0 spiro atoms. The second-order valence-electron chi connectivity index (χ2n) is 7.08. The smallest absolute Gasteiger partial charge is 0.330 e. The first-order valence-electron chi connectivity index (χ1n) is 12.4. The Morgan fingerprint density at radius 1 is 0.649 bits per heavy atom. The van der Waals surface area contributed by atoms with Crippen molar-refractivity contribution in [2.24, 2.45) is 0 Å². The number of aliphatic carboxylic acids is 1. The van der Waals surface area contributed by atoms with E-state index in [1.165, 1.54) is 6.92 Å². The lowest BCUT2D eigenvalue weighted by Gasteiger charge is -2.11. The number of ether oxygens (including phenoxy) is 9. The molecular formula is C24H48O13. The topological polar surface area (TPSA) is 161 Å². The molecule has 0 radical (unpaired) electrons. The van der Waals surface area contributed by atoms with E-state index in [1.54, 1.807) is 0 Å². The summed E-state index contributed by atoms with van der Waals surface area (Å²) in [6.45, 7) is 14.1. The number of rotatable bonds is 28. The second-order valence-corrected chi connectivity index (χ2v) is 7.08. The van der Waals surface area contributed by atoms with Crippen LogP contribution in [0.2, 0.25) is 0 Å². The molecule has 0 aliphatic rings. The van der Waals surface area contributed by atoms with E-state index in [4.69, 9.17) is 52.8 Å². The van der Waals surface area contributed by atoms with Crippen LogP contribution in [0.25, 0.3) is 0 Å². The van der Waals surface area contributed by atoms with Crippen LogP contribution in [0.5, 0.6) is 0 Å². The highest BCUT2D eigenvalue weighted by Gasteiger charge is 2.01. The van der Waals surface area contributed by atoms with Gasteiger partial charge < -0.3 is 58.0 Å². The Balaban J connectivity index is 0. The minimum atomic E-state index is -0.935. The maximum absolute atomic E-state index is 9.60. The lowest BCUT2D eigenvalue weighted by Crippen LogP contribution is -2.20. The first-order chi connectivity index (χ1) is 18.0. The molecule has 0 fully saturated rings. The summed E-state index contributed by atoms with van der Waals surface area (Å²) in [4.78, 5) is 9.60. The lowest BCUT2D eigenvalue weighted by atomic mass is 10.4. The average Bonchev–Trinajstić information content (AvgIpc) is 2.87. The number of aliphatic hydroxyl groups excluding tert-OH is 2. The van der Waals surface area contributed by atoms with Crippen LogP contribution in [0.1, 0.15) is 13.8 Å². The highest BCUT2D eigenvalue weighted by Crippen LogP contribution is 1.89. The molecule has 3 N–H and O–H groups in total. The Hall–Kier alpha value is -1.23. The summed E-state index contributed by atoms with van der Waals surface area (Å²) in [5.74, 6) is -0.935. The van der Waals surface area contributed by atoms with E-state index in [1.807, 2.05) is 6.92 Å². The number of aliphatic hydroxyl groups is 2. The van der Waals surface area contributed by atoms with E-state index in [-0.39, 0.29) is 18.8 Å². The van der Waals surface area contributed by atoms with E-state index in [0.29, 0.717) is 106 Å². The SMILES string of the molecule is C=C(C)C(=O)O.CCOC(O)COCCOCCOCCOCCOCCOCCOCCOCCO. The van der Waals surface area contributed by atoms with Crippen molar-refractivity contribution < 1.29 is 62.7 Å². The van der Waals surface area contributed by atoms with Crippen molar-refractivity contribution in [1.82, 2.24) is 0 Å². The van der Waals surface area contributed by atoms with Crippen molar-refractivity contribution in [2.45, 2.75) is 20.1 Å². The summed E-state index contributed by atoms with van der Waals surface area (Å²) in [6, 6.07) is 0. The van der Waals surface area contributed by atoms with Gasteiger partial charge in [0.1, 0.15) is 0 Å². The van der Waals surface area contributed by atoms with E-state index in [2.05, 4.69) is 6.58 Å². The molecule has 1 atom stereocenters. The van der Waals surface area contributed by atoms with Gasteiger partial charge in [0.25, 0.3) is 0 Å². The number of carboxylic acids is 1. The van der Waals surface area contributed by atoms with Crippen LogP contribution in [0.15, 0.2) is 12.2 Å². The van der Waals surface area contributed by atoms with Crippen molar-refractivity contribution in [3.63, 3.8) is 0 Å². The molecule has 0 rings (SSSR count). The largest absolute Gasteiger partial charge is 0.478 e. The van der Waals surface area contributed by atoms with Crippen LogP contribution in [0.3, 0.4) is 0 Å². The maximum Gasteiger partial charge on any atom is 0.330 e. The predicted molar refractivity (Wildman–Crippen MR) is 134 cm³/mol. The molecule has 0 aromatic carbocycles. The lowest BCUT2D eigenvalue weighted by molar-refractivity contribution is -0.138. The fourth-order valence-electron chi connectivity index (χ4n) is 2.03. The Kier molecular flexibility index (Phi) is 33.6. The van der Waals surface area contributed by atoms with Crippen LogP contribution in [-0.2, 0) is 47.4 Å². The van der Waals surface area contributed by atoms with E-state index in [9.17, 15) is 9.90 Å². The zero-order valence-electron chi connectivity index (χ0n) is 22.4. The summed E-state index contributed by atoms with van der Waals surface area (Å²) >= 11 is 0. The molecule has 0 aliphatic heterocycles. The number of carbonyl (C=O) groups is 1. The third-order valence-electron chi connectivity index (χ3n) is 3.82. The summed E-state index contributed by atoms with van der Waals surface area (Å²) in [7, 11) is 0. The van der Waals surface area contributed by atoms with Gasteiger partial charge >= 0.3 is 5.97 Å². The van der Waals surface area contributed by atoms with Gasteiger partial charge in [-0.15, -0.1) is 0 Å². The predicted octanol–water partition coefficient (Wildman–Crippen LogP) is 0.114. The van der Waals surface area contributed by atoms with Crippen molar-refractivity contribution in [3.8, 4) is 0 Å². The van der Waals surface area contributed by atoms with Crippen molar-refractivity contribution in [1.29, 1.82) is 0 Å². The zero-order valence-corrected chi connectivity index (χ0v) is 22.4. The fourth-order valence-corrected chi connectivity index (χ4v) is 2.03. The van der Waals surface area contributed by atoms with Gasteiger partial charge in [0.15, 0.2) is 6.29 Å². The molecule has 13 nitrogen and oxygen atoms in total. The van der Waals surface area contributed by atoms with E-state index >= 15 is 0 Å². The molecule has 0 aromatic rings. The Labute approximate surface area is 220 Å². The molecule has 0 heterocycles. The van der Waals surface area contributed by atoms with Gasteiger partial charge in [-0.25, -0.2) is 4.79 Å². The van der Waals surface area contributed by atoms with Gasteiger partial charge in [-0.1, -0.05) is 6.58 Å². The number of carboxylic acid groups (broad SMARTS) is 1. The molecule has 0 saturated carbocycles. The molecule has 37 heavy (non-hydrogen) atoms. The van der Waals surface area contributed by atoms with Crippen LogP contribution in [0.4, 0.5) is 0 Å².